The van der Waals surface area contributed by atoms with E-state index in [2.05, 4.69) is 30.1 Å². The van der Waals surface area contributed by atoms with E-state index in [0.29, 0.717) is 12.3 Å². The lowest BCUT2D eigenvalue weighted by Crippen LogP contribution is -2.24. The summed E-state index contributed by atoms with van der Waals surface area (Å²) in [5.41, 5.74) is 2.94. The second-order valence-electron chi connectivity index (χ2n) is 4.17. The molecule has 0 atom stereocenters. The molecule has 1 amide bonds. The molecule has 0 spiro atoms. The fraction of sp³-hybridized carbons (Fsp3) is 0.357. The van der Waals surface area contributed by atoms with Crippen molar-refractivity contribution in [2.24, 2.45) is 0 Å². The summed E-state index contributed by atoms with van der Waals surface area (Å²) in [6.45, 7) is 4.11. The fourth-order valence-electron chi connectivity index (χ4n) is 2.02. The van der Waals surface area contributed by atoms with Gasteiger partial charge in [-0.15, -0.1) is 18.3 Å². The first-order valence-electron chi connectivity index (χ1n) is 5.92. The number of fused-ring (bicyclic) bond motifs is 1. The Morgan fingerprint density at radius 3 is 3.06 bits per heavy atom. The van der Waals surface area contributed by atoms with Crippen molar-refractivity contribution in [2.45, 2.75) is 24.2 Å². The Morgan fingerprint density at radius 2 is 2.24 bits per heavy atom. The van der Waals surface area contributed by atoms with E-state index in [1.807, 2.05) is 0 Å². The molecular weight excluding hydrogens is 230 g/mol. The molecule has 1 aliphatic carbocycles. The molecule has 0 fully saturated rings. The van der Waals surface area contributed by atoms with E-state index in [-0.39, 0.29) is 5.91 Å². The molecule has 1 aromatic carbocycles. The van der Waals surface area contributed by atoms with Gasteiger partial charge >= 0.3 is 0 Å². The topological polar surface area (TPSA) is 29.1 Å². The van der Waals surface area contributed by atoms with Crippen LogP contribution >= 0.6 is 11.8 Å². The van der Waals surface area contributed by atoms with Crippen LogP contribution in [0.1, 0.15) is 17.5 Å². The molecule has 1 aliphatic rings. The van der Waals surface area contributed by atoms with Crippen molar-refractivity contribution in [3.8, 4) is 0 Å². The first kappa shape index (κ1) is 12.2. The van der Waals surface area contributed by atoms with Gasteiger partial charge in [0.1, 0.15) is 0 Å². The third-order valence-corrected chi connectivity index (χ3v) is 3.88. The number of carbonyl (C=O) groups is 1. The minimum Gasteiger partial charge on any atom is -0.352 e. The smallest absolute Gasteiger partial charge is 0.230 e. The average molecular weight is 247 g/mol. The maximum atomic E-state index is 11.4. The maximum absolute atomic E-state index is 11.4. The predicted octanol–water partition coefficient (Wildman–Crippen LogP) is 2.57. The molecule has 17 heavy (non-hydrogen) atoms. The van der Waals surface area contributed by atoms with E-state index in [0.717, 1.165) is 0 Å². The van der Waals surface area contributed by atoms with E-state index < -0.39 is 0 Å². The highest BCUT2D eigenvalue weighted by atomic mass is 32.2. The van der Waals surface area contributed by atoms with E-state index in [1.54, 1.807) is 17.8 Å². The van der Waals surface area contributed by atoms with Crippen molar-refractivity contribution < 1.29 is 4.79 Å². The van der Waals surface area contributed by atoms with Crippen molar-refractivity contribution >= 4 is 17.7 Å². The van der Waals surface area contributed by atoms with Crippen LogP contribution in [0.3, 0.4) is 0 Å². The van der Waals surface area contributed by atoms with Gasteiger partial charge in [0, 0.05) is 11.4 Å². The van der Waals surface area contributed by atoms with Gasteiger partial charge in [-0.05, 0) is 42.5 Å². The molecular formula is C14H17NOS. The van der Waals surface area contributed by atoms with Gasteiger partial charge < -0.3 is 5.32 Å². The maximum Gasteiger partial charge on any atom is 0.230 e. The fourth-order valence-corrected chi connectivity index (χ4v) is 2.81. The Balaban J connectivity index is 1.87. The van der Waals surface area contributed by atoms with Crippen LogP contribution < -0.4 is 5.32 Å². The number of hydrogen-bond donors (Lipinski definition) is 1. The molecule has 0 saturated heterocycles. The zero-order valence-electron chi connectivity index (χ0n) is 9.87. The van der Waals surface area contributed by atoms with Gasteiger partial charge in [0.25, 0.3) is 0 Å². The number of aryl methyl sites for hydroxylation is 2. The molecule has 0 saturated carbocycles. The van der Waals surface area contributed by atoms with Gasteiger partial charge in [-0.1, -0.05) is 12.1 Å². The lowest BCUT2D eigenvalue weighted by molar-refractivity contribution is -0.118. The molecule has 90 valence electrons. The number of thioether (sulfide) groups is 1. The van der Waals surface area contributed by atoms with Crippen LogP contribution in [-0.2, 0) is 17.6 Å². The molecule has 0 heterocycles. The lowest BCUT2D eigenvalue weighted by atomic mass is 10.1. The molecule has 0 unspecified atom stereocenters. The van der Waals surface area contributed by atoms with E-state index >= 15 is 0 Å². The van der Waals surface area contributed by atoms with E-state index in [1.165, 1.54) is 35.3 Å². The number of benzene rings is 1. The summed E-state index contributed by atoms with van der Waals surface area (Å²) < 4.78 is 0. The average Bonchev–Trinajstić information content (AvgIpc) is 2.81. The van der Waals surface area contributed by atoms with Crippen molar-refractivity contribution in [3.63, 3.8) is 0 Å². The summed E-state index contributed by atoms with van der Waals surface area (Å²) in [7, 11) is 0. The van der Waals surface area contributed by atoms with Crippen LogP contribution in [0.4, 0.5) is 0 Å². The van der Waals surface area contributed by atoms with Crippen molar-refractivity contribution in [1.29, 1.82) is 0 Å². The number of amides is 1. The predicted molar refractivity (Wildman–Crippen MR) is 72.4 cm³/mol. The van der Waals surface area contributed by atoms with E-state index in [9.17, 15) is 4.79 Å². The molecule has 0 aliphatic heterocycles. The molecule has 0 aromatic heterocycles. The Labute approximate surface area is 106 Å². The van der Waals surface area contributed by atoms with Gasteiger partial charge in [0.05, 0.1) is 5.75 Å². The molecule has 2 nitrogen and oxygen atoms in total. The highest BCUT2D eigenvalue weighted by Crippen LogP contribution is 2.27. The highest BCUT2D eigenvalue weighted by Gasteiger charge is 2.11. The minimum atomic E-state index is 0.0652. The zero-order valence-corrected chi connectivity index (χ0v) is 10.7. The van der Waals surface area contributed by atoms with Gasteiger partial charge in [-0.3, -0.25) is 4.79 Å². The Morgan fingerprint density at radius 1 is 1.41 bits per heavy atom. The van der Waals surface area contributed by atoms with Gasteiger partial charge in [-0.25, -0.2) is 0 Å². The van der Waals surface area contributed by atoms with Crippen LogP contribution in [-0.4, -0.2) is 18.2 Å². The SMILES string of the molecule is C=CCNC(=O)CSc1ccc2c(c1)CCC2. The monoisotopic (exact) mass is 247 g/mol. The first-order valence-corrected chi connectivity index (χ1v) is 6.90. The summed E-state index contributed by atoms with van der Waals surface area (Å²) in [5.74, 6) is 0.544. The summed E-state index contributed by atoms with van der Waals surface area (Å²) in [4.78, 5) is 12.6. The van der Waals surface area contributed by atoms with Crippen molar-refractivity contribution in [2.75, 3.05) is 12.3 Å². The van der Waals surface area contributed by atoms with Crippen LogP contribution in [0, 0.1) is 0 Å². The highest BCUT2D eigenvalue weighted by molar-refractivity contribution is 8.00. The molecule has 3 heteroatoms. The van der Waals surface area contributed by atoms with Crippen LogP contribution in [0.5, 0.6) is 0 Å². The third-order valence-electron chi connectivity index (χ3n) is 2.88. The van der Waals surface area contributed by atoms with Crippen LogP contribution in [0.2, 0.25) is 0 Å². The second kappa shape index (κ2) is 5.92. The van der Waals surface area contributed by atoms with Gasteiger partial charge in [0.2, 0.25) is 5.91 Å². The quantitative estimate of drug-likeness (QED) is 0.640. The number of hydrogen-bond acceptors (Lipinski definition) is 2. The summed E-state index contributed by atoms with van der Waals surface area (Å²) in [5, 5.41) is 2.78. The summed E-state index contributed by atoms with van der Waals surface area (Å²) in [6.07, 6.45) is 5.35. The molecule has 1 aromatic rings. The molecule has 1 N–H and O–H groups in total. The van der Waals surface area contributed by atoms with Crippen molar-refractivity contribution in [1.82, 2.24) is 5.32 Å². The standard InChI is InChI=1S/C14H17NOS/c1-2-8-15-14(16)10-17-13-7-6-11-4-3-5-12(11)9-13/h2,6-7,9H,1,3-5,8,10H2,(H,15,16). The third kappa shape index (κ3) is 3.37. The van der Waals surface area contributed by atoms with Gasteiger partial charge in [0.15, 0.2) is 0 Å². The summed E-state index contributed by atoms with van der Waals surface area (Å²) >= 11 is 1.60. The normalized spacial score (nSPS) is 13.2. The molecule has 2 rings (SSSR count). The van der Waals surface area contributed by atoms with Crippen molar-refractivity contribution in [3.05, 3.63) is 42.0 Å². The van der Waals surface area contributed by atoms with E-state index in [4.69, 9.17) is 0 Å². The Hall–Kier alpha value is -1.22. The Kier molecular flexibility index (Phi) is 4.26. The van der Waals surface area contributed by atoms with Crippen LogP contribution in [0.15, 0.2) is 35.7 Å². The number of carbonyl (C=O) groups excluding carboxylic acids is 1. The van der Waals surface area contributed by atoms with Gasteiger partial charge in [-0.2, -0.15) is 0 Å². The number of nitrogens with one attached hydrogen (secondary N) is 1. The zero-order chi connectivity index (χ0) is 12.1. The largest absolute Gasteiger partial charge is 0.352 e. The number of rotatable bonds is 5. The second-order valence-corrected chi connectivity index (χ2v) is 5.21. The lowest BCUT2D eigenvalue weighted by Gasteiger charge is -2.05. The first-order chi connectivity index (χ1) is 8.29. The summed E-state index contributed by atoms with van der Waals surface area (Å²) in [6, 6.07) is 6.55. The van der Waals surface area contributed by atoms with Crippen LogP contribution in [0.25, 0.3) is 0 Å². The Bertz CT molecular complexity index is 428. The molecule has 0 bridgehead atoms. The minimum absolute atomic E-state index is 0.0652. The molecule has 0 radical (unpaired) electrons.